The molecule has 2 aromatic rings. The summed E-state index contributed by atoms with van der Waals surface area (Å²) in [6.07, 6.45) is 4.45. The molecule has 2 aliphatic rings. The van der Waals surface area contributed by atoms with E-state index in [0.29, 0.717) is 41.4 Å². The molecule has 3 amide bonds. The Morgan fingerprint density at radius 3 is 2.39 bits per heavy atom. The van der Waals surface area contributed by atoms with Gasteiger partial charge < -0.3 is 15.1 Å². The molecule has 6 nitrogen and oxygen atoms in total. The second-order valence-corrected chi connectivity index (χ2v) is 10.3. The van der Waals surface area contributed by atoms with Gasteiger partial charge in [0.15, 0.2) is 0 Å². The summed E-state index contributed by atoms with van der Waals surface area (Å²) in [6, 6.07) is 10.1. The number of rotatable bonds is 5. The van der Waals surface area contributed by atoms with Crippen LogP contribution in [0.15, 0.2) is 41.8 Å². The van der Waals surface area contributed by atoms with Crippen molar-refractivity contribution in [3.8, 4) is 0 Å². The number of thiophene rings is 1. The highest BCUT2D eigenvalue weighted by atomic mass is 35.5. The summed E-state index contributed by atoms with van der Waals surface area (Å²) in [5.74, 6) is -0.229. The first-order valence-electron chi connectivity index (χ1n) is 11.6. The summed E-state index contributed by atoms with van der Waals surface area (Å²) >= 11 is 7.32. The number of carbonyl (C=O) groups is 3. The molecule has 1 aromatic heterocycles. The van der Waals surface area contributed by atoms with Gasteiger partial charge in [0.2, 0.25) is 5.91 Å². The van der Waals surface area contributed by atoms with Crippen LogP contribution in [0.3, 0.4) is 0 Å². The number of likely N-dealkylation sites (tertiary alicyclic amines) is 2. The van der Waals surface area contributed by atoms with Gasteiger partial charge in [0.1, 0.15) is 6.04 Å². The van der Waals surface area contributed by atoms with Crippen LogP contribution in [-0.2, 0) is 4.79 Å². The van der Waals surface area contributed by atoms with Gasteiger partial charge in [-0.2, -0.15) is 0 Å². The normalized spacial score (nSPS) is 20.4. The van der Waals surface area contributed by atoms with Crippen LogP contribution >= 0.6 is 22.9 Å². The van der Waals surface area contributed by atoms with Crippen molar-refractivity contribution in [2.24, 2.45) is 5.92 Å². The summed E-state index contributed by atoms with van der Waals surface area (Å²) in [6.45, 7) is 3.93. The van der Waals surface area contributed by atoms with E-state index < -0.39 is 6.04 Å². The number of carbonyl (C=O) groups excluding carboxylic acids is 3. The van der Waals surface area contributed by atoms with E-state index in [4.69, 9.17) is 11.6 Å². The van der Waals surface area contributed by atoms with Crippen molar-refractivity contribution in [3.05, 3.63) is 57.2 Å². The highest BCUT2D eigenvalue weighted by Gasteiger charge is 2.38. The SMILES string of the molecule is C[C@H]1CCCCN1C(=O)[C@H](NC(=O)c1cccs1)C1CCN(C(=O)c2ccc(Cl)cc2)CC1. The molecular formula is C25H30ClN3O3S. The number of halogens is 1. The van der Waals surface area contributed by atoms with Gasteiger partial charge in [0, 0.05) is 36.3 Å². The molecule has 2 fully saturated rings. The van der Waals surface area contributed by atoms with Gasteiger partial charge in [-0.3, -0.25) is 14.4 Å². The Bertz CT molecular complexity index is 971. The van der Waals surface area contributed by atoms with Crippen LogP contribution in [0.1, 0.15) is 59.1 Å². The van der Waals surface area contributed by atoms with E-state index in [2.05, 4.69) is 12.2 Å². The number of piperidine rings is 2. The van der Waals surface area contributed by atoms with Crippen LogP contribution in [0.25, 0.3) is 0 Å². The molecule has 1 N–H and O–H groups in total. The molecule has 176 valence electrons. The molecule has 2 saturated heterocycles. The van der Waals surface area contributed by atoms with Gasteiger partial charge in [-0.1, -0.05) is 17.7 Å². The summed E-state index contributed by atoms with van der Waals surface area (Å²) in [5.41, 5.74) is 0.610. The minimum Gasteiger partial charge on any atom is -0.339 e. The molecule has 0 saturated carbocycles. The molecule has 1 aromatic carbocycles. The van der Waals surface area contributed by atoms with Crippen molar-refractivity contribution < 1.29 is 14.4 Å². The standard InChI is InChI=1S/C25H30ClN3O3S/c1-17-5-2-3-13-29(17)25(32)22(27-23(30)21-6-4-16-33-21)18-11-14-28(15-12-18)24(31)19-7-9-20(26)10-8-19/h4,6-10,16-18,22H,2-3,5,11-15H2,1H3,(H,27,30)/t17-,22+/m0/s1. The third-order valence-electron chi connectivity index (χ3n) is 6.77. The van der Waals surface area contributed by atoms with Crippen LogP contribution in [0, 0.1) is 5.92 Å². The Balaban J connectivity index is 1.46. The second kappa shape index (κ2) is 10.7. The van der Waals surface area contributed by atoms with Crippen molar-refractivity contribution in [2.45, 2.75) is 51.1 Å². The smallest absolute Gasteiger partial charge is 0.262 e. The van der Waals surface area contributed by atoms with Gasteiger partial charge in [-0.05, 0) is 80.7 Å². The van der Waals surface area contributed by atoms with E-state index in [9.17, 15) is 14.4 Å². The van der Waals surface area contributed by atoms with Gasteiger partial charge in [-0.15, -0.1) is 11.3 Å². The zero-order valence-corrected chi connectivity index (χ0v) is 20.4. The molecule has 4 rings (SSSR count). The quantitative estimate of drug-likeness (QED) is 0.677. The van der Waals surface area contributed by atoms with Crippen molar-refractivity contribution in [1.29, 1.82) is 0 Å². The van der Waals surface area contributed by atoms with Gasteiger partial charge in [0.05, 0.1) is 4.88 Å². The topological polar surface area (TPSA) is 69.7 Å². The molecule has 8 heteroatoms. The molecule has 0 radical (unpaired) electrons. The summed E-state index contributed by atoms with van der Waals surface area (Å²) in [5, 5.41) is 5.51. The largest absolute Gasteiger partial charge is 0.339 e. The summed E-state index contributed by atoms with van der Waals surface area (Å²) in [4.78, 5) is 43.7. The van der Waals surface area contributed by atoms with Crippen LogP contribution in [0.5, 0.6) is 0 Å². The lowest BCUT2D eigenvalue weighted by Crippen LogP contribution is -2.57. The van der Waals surface area contributed by atoms with Gasteiger partial charge in [0.25, 0.3) is 11.8 Å². The third kappa shape index (κ3) is 5.58. The van der Waals surface area contributed by atoms with Crippen LogP contribution in [0.2, 0.25) is 5.02 Å². The average Bonchev–Trinajstić information content (AvgIpc) is 3.38. The van der Waals surface area contributed by atoms with Gasteiger partial charge >= 0.3 is 0 Å². The Hall–Kier alpha value is -2.38. The van der Waals surface area contributed by atoms with E-state index in [1.165, 1.54) is 11.3 Å². The second-order valence-electron chi connectivity index (χ2n) is 8.94. The predicted octanol–water partition coefficient (Wildman–Crippen LogP) is 4.45. The molecule has 33 heavy (non-hydrogen) atoms. The fourth-order valence-electron chi connectivity index (χ4n) is 4.82. The van der Waals surface area contributed by atoms with Crippen LogP contribution in [-0.4, -0.2) is 59.2 Å². The first-order chi connectivity index (χ1) is 15.9. The molecule has 0 bridgehead atoms. The average molecular weight is 488 g/mol. The Morgan fingerprint density at radius 2 is 1.76 bits per heavy atom. The minimum atomic E-state index is -0.576. The maximum Gasteiger partial charge on any atom is 0.262 e. The predicted molar refractivity (Wildman–Crippen MR) is 131 cm³/mol. The highest BCUT2D eigenvalue weighted by molar-refractivity contribution is 7.12. The molecule has 3 heterocycles. The lowest BCUT2D eigenvalue weighted by atomic mass is 9.87. The van der Waals surface area contributed by atoms with Gasteiger partial charge in [-0.25, -0.2) is 0 Å². The third-order valence-corrected chi connectivity index (χ3v) is 7.89. The zero-order chi connectivity index (χ0) is 23.4. The monoisotopic (exact) mass is 487 g/mol. The fourth-order valence-corrected chi connectivity index (χ4v) is 5.57. The fraction of sp³-hybridized carbons (Fsp3) is 0.480. The number of benzene rings is 1. The highest BCUT2D eigenvalue weighted by Crippen LogP contribution is 2.27. The number of amides is 3. The molecule has 0 aliphatic carbocycles. The Labute approximate surface area is 203 Å². The maximum atomic E-state index is 13.6. The van der Waals surface area contributed by atoms with Crippen molar-refractivity contribution >= 4 is 40.7 Å². The van der Waals surface area contributed by atoms with Crippen molar-refractivity contribution in [2.75, 3.05) is 19.6 Å². The van der Waals surface area contributed by atoms with E-state index in [-0.39, 0.29) is 29.7 Å². The first-order valence-corrected chi connectivity index (χ1v) is 12.9. The van der Waals surface area contributed by atoms with Crippen molar-refractivity contribution in [3.63, 3.8) is 0 Å². The van der Waals surface area contributed by atoms with Crippen LogP contribution in [0.4, 0.5) is 0 Å². The molecule has 0 unspecified atom stereocenters. The van der Waals surface area contributed by atoms with E-state index >= 15 is 0 Å². The van der Waals surface area contributed by atoms with Crippen LogP contribution < -0.4 is 5.32 Å². The number of hydrogen-bond acceptors (Lipinski definition) is 4. The summed E-state index contributed by atoms with van der Waals surface area (Å²) < 4.78 is 0. The molecule has 0 spiro atoms. The Morgan fingerprint density at radius 1 is 1.03 bits per heavy atom. The maximum absolute atomic E-state index is 13.6. The summed E-state index contributed by atoms with van der Waals surface area (Å²) in [7, 11) is 0. The zero-order valence-electron chi connectivity index (χ0n) is 18.8. The molecular weight excluding hydrogens is 458 g/mol. The number of hydrogen-bond donors (Lipinski definition) is 1. The number of nitrogens with zero attached hydrogens (tertiary/aromatic N) is 2. The minimum absolute atomic E-state index is 0.00887. The lowest BCUT2D eigenvalue weighted by Gasteiger charge is -2.40. The lowest BCUT2D eigenvalue weighted by molar-refractivity contribution is -0.138. The van der Waals surface area contributed by atoms with E-state index in [1.807, 2.05) is 21.2 Å². The molecule has 2 aliphatic heterocycles. The van der Waals surface area contributed by atoms with E-state index in [0.717, 1.165) is 25.8 Å². The molecule has 2 atom stereocenters. The van der Waals surface area contributed by atoms with Crippen molar-refractivity contribution in [1.82, 2.24) is 15.1 Å². The van der Waals surface area contributed by atoms with E-state index in [1.54, 1.807) is 30.3 Å². The number of nitrogens with one attached hydrogen (secondary N) is 1. The Kier molecular flexibility index (Phi) is 7.71. The first kappa shape index (κ1) is 23.8.